The van der Waals surface area contributed by atoms with Gasteiger partial charge in [0, 0.05) is 38.0 Å². The lowest BCUT2D eigenvalue weighted by Crippen LogP contribution is -2.35. The van der Waals surface area contributed by atoms with Crippen LogP contribution in [0.25, 0.3) is 0 Å². The fourth-order valence-corrected chi connectivity index (χ4v) is 3.40. The molecule has 0 amide bonds. The van der Waals surface area contributed by atoms with Crippen molar-refractivity contribution in [2.75, 3.05) is 36.5 Å². The summed E-state index contributed by atoms with van der Waals surface area (Å²) >= 11 is 5.36. The molecule has 0 aliphatic carbocycles. The van der Waals surface area contributed by atoms with E-state index in [0.29, 0.717) is 11.1 Å². The lowest BCUT2D eigenvalue weighted by molar-refractivity contribution is 0.114. The first-order valence-corrected chi connectivity index (χ1v) is 9.38. The zero-order valence-electron chi connectivity index (χ0n) is 14.4. The average molecular weight is 350 g/mol. The summed E-state index contributed by atoms with van der Waals surface area (Å²) in [4.78, 5) is 11.5. The fourth-order valence-electron chi connectivity index (χ4n) is 3.23. The number of anilines is 2. The monoisotopic (exact) mass is 349 g/mol. The number of aromatic nitrogens is 2. The first-order chi connectivity index (χ1) is 11.7. The van der Waals surface area contributed by atoms with Crippen molar-refractivity contribution in [3.8, 4) is 0 Å². The summed E-state index contributed by atoms with van der Waals surface area (Å²) in [6.45, 7) is 5.72. The summed E-state index contributed by atoms with van der Waals surface area (Å²) in [5.41, 5.74) is 0.952. The Hall–Kier alpha value is -1.47. The Kier molecular flexibility index (Phi) is 6.20. The van der Waals surface area contributed by atoms with Gasteiger partial charge in [0.25, 0.3) is 0 Å². The number of hydrogen-bond acceptors (Lipinski definition) is 5. The maximum absolute atomic E-state index is 5.60. The van der Waals surface area contributed by atoms with Crippen LogP contribution in [0.2, 0.25) is 0 Å². The maximum atomic E-state index is 5.60. The van der Waals surface area contributed by atoms with Gasteiger partial charge >= 0.3 is 0 Å². The maximum Gasteiger partial charge on any atom is 0.231 e. The van der Waals surface area contributed by atoms with Crippen molar-refractivity contribution < 1.29 is 4.74 Å². The Morgan fingerprint density at radius 3 is 2.75 bits per heavy atom. The predicted octanol–water partition coefficient (Wildman–Crippen LogP) is 2.63. The number of nitrogens with one attached hydrogen (secondary N) is 2. The van der Waals surface area contributed by atoms with Gasteiger partial charge in [0.1, 0.15) is 5.82 Å². The summed E-state index contributed by atoms with van der Waals surface area (Å²) in [5.74, 6) is 1.56. The highest BCUT2D eigenvalue weighted by Gasteiger charge is 2.16. The second-order valence-corrected chi connectivity index (χ2v) is 6.97. The van der Waals surface area contributed by atoms with E-state index in [4.69, 9.17) is 17.0 Å². The molecule has 2 aliphatic heterocycles. The van der Waals surface area contributed by atoms with Crippen LogP contribution in [-0.4, -0.2) is 47.4 Å². The van der Waals surface area contributed by atoms with Crippen molar-refractivity contribution >= 4 is 29.1 Å². The van der Waals surface area contributed by atoms with Crippen molar-refractivity contribution in [3.63, 3.8) is 0 Å². The summed E-state index contributed by atoms with van der Waals surface area (Å²) in [7, 11) is 0. The second kappa shape index (κ2) is 8.58. The SMILES string of the molecule is Cc1cc(N2CCCCCC2)nc(NC(=S)NC[C@H]2CCCO2)n1. The van der Waals surface area contributed by atoms with E-state index in [9.17, 15) is 0 Å². The molecule has 0 aromatic carbocycles. The lowest BCUT2D eigenvalue weighted by atomic mass is 10.2. The van der Waals surface area contributed by atoms with Crippen LogP contribution in [-0.2, 0) is 4.74 Å². The van der Waals surface area contributed by atoms with Crippen LogP contribution in [0.5, 0.6) is 0 Å². The Morgan fingerprint density at radius 2 is 2.04 bits per heavy atom. The van der Waals surface area contributed by atoms with Gasteiger partial charge in [-0.15, -0.1) is 0 Å². The lowest BCUT2D eigenvalue weighted by Gasteiger charge is -2.22. The molecule has 3 rings (SSSR count). The number of rotatable bonds is 4. The summed E-state index contributed by atoms with van der Waals surface area (Å²) in [6, 6.07) is 2.05. The minimum Gasteiger partial charge on any atom is -0.376 e. The third-order valence-corrected chi connectivity index (χ3v) is 4.76. The van der Waals surface area contributed by atoms with Gasteiger partial charge in [-0.05, 0) is 44.8 Å². The Labute approximate surface area is 149 Å². The van der Waals surface area contributed by atoms with Gasteiger partial charge in [0.15, 0.2) is 5.11 Å². The van der Waals surface area contributed by atoms with Crippen LogP contribution in [0.1, 0.15) is 44.2 Å². The highest BCUT2D eigenvalue weighted by molar-refractivity contribution is 7.80. The molecule has 3 heterocycles. The topological polar surface area (TPSA) is 62.3 Å². The zero-order valence-corrected chi connectivity index (χ0v) is 15.2. The van der Waals surface area contributed by atoms with Gasteiger partial charge in [-0.1, -0.05) is 12.8 Å². The molecule has 0 radical (unpaired) electrons. The van der Waals surface area contributed by atoms with E-state index in [0.717, 1.165) is 50.6 Å². The highest BCUT2D eigenvalue weighted by Crippen LogP contribution is 2.19. The molecule has 2 aliphatic rings. The smallest absolute Gasteiger partial charge is 0.231 e. The fraction of sp³-hybridized carbons (Fsp3) is 0.706. The third kappa shape index (κ3) is 5.01. The van der Waals surface area contributed by atoms with Crippen LogP contribution < -0.4 is 15.5 Å². The molecular formula is C17H27N5OS. The van der Waals surface area contributed by atoms with Crippen LogP contribution in [0.15, 0.2) is 6.07 Å². The molecule has 0 spiro atoms. The largest absolute Gasteiger partial charge is 0.376 e. The number of nitrogens with zero attached hydrogens (tertiary/aromatic N) is 3. The van der Waals surface area contributed by atoms with Gasteiger partial charge in [-0.3, -0.25) is 0 Å². The molecule has 6 nitrogen and oxygen atoms in total. The van der Waals surface area contributed by atoms with E-state index in [2.05, 4.69) is 31.6 Å². The van der Waals surface area contributed by atoms with Crippen LogP contribution >= 0.6 is 12.2 Å². The van der Waals surface area contributed by atoms with Gasteiger partial charge < -0.3 is 20.3 Å². The second-order valence-electron chi connectivity index (χ2n) is 6.56. The van der Waals surface area contributed by atoms with E-state index < -0.39 is 0 Å². The molecule has 7 heteroatoms. The molecule has 132 valence electrons. The predicted molar refractivity (Wildman–Crippen MR) is 101 cm³/mol. The van der Waals surface area contributed by atoms with Crippen molar-refractivity contribution in [2.24, 2.45) is 0 Å². The van der Waals surface area contributed by atoms with Crippen molar-refractivity contribution in [1.29, 1.82) is 0 Å². The third-order valence-electron chi connectivity index (χ3n) is 4.51. The van der Waals surface area contributed by atoms with Crippen LogP contribution in [0.3, 0.4) is 0 Å². The Bertz CT molecular complexity index is 554. The Balaban J connectivity index is 1.59. The molecule has 24 heavy (non-hydrogen) atoms. The van der Waals surface area contributed by atoms with E-state index in [1.165, 1.54) is 25.7 Å². The number of aryl methyl sites for hydroxylation is 1. The van der Waals surface area contributed by atoms with E-state index in [-0.39, 0.29) is 6.10 Å². The van der Waals surface area contributed by atoms with E-state index in [1.54, 1.807) is 0 Å². The van der Waals surface area contributed by atoms with Gasteiger partial charge in [0.2, 0.25) is 5.95 Å². The first-order valence-electron chi connectivity index (χ1n) is 8.98. The molecule has 2 N–H and O–H groups in total. The van der Waals surface area contributed by atoms with Crippen molar-refractivity contribution in [1.82, 2.24) is 15.3 Å². The van der Waals surface area contributed by atoms with Crippen molar-refractivity contribution in [2.45, 2.75) is 51.6 Å². The molecule has 0 saturated carbocycles. The summed E-state index contributed by atoms with van der Waals surface area (Å²) in [5, 5.41) is 6.87. The van der Waals surface area contributed by atoms with Gasteiger partial charge in [-0.25, -0.2) is 4.98 Å². The molecule has 0 unspecified atom stereocenters. The van der Waals surface area contributed by atoms with Gasteiger partial charge in [-0.2, -0.15) is 4.98 Å². The van der Waals surface area contributed by atoms with E-state index in [1.807, 2.05) is 6.92 Å². The number of thiocarbonyl (C=S) groups is 1. The normalized spacial score (nSPS) is 21.4. The highest BCUT2D eigenvalue weighted by atomic mass is 32.1. The zero-order chi connectivity index (χ0) is 16.8. The Morgan fingerprint density at radius 1 is 1.25 bits per heavy atom. The van der Waals surface area contributed by atoms with Gasteiger partial charge in [0.05, 0.1) is 6.10 Å². The standard InChI is InChI=1S/C17H27N5OS/c1-13-11-15(22-8-4-2-3-5-9-22)20-16(19-13)21-17(24)18-12-14-7-6-10-23-14/h11,14H,2-10,12H2,1H3,(H2,18,19,20,21,24)/t14-/m1/s1. The molecule has 1 aromatic heterocycles. The average Bonchev–Trinajstić information content (AvgIpc) is 2.92. The molecule has 0 bridgehead atoms. The summed E-state index contributed by atoms with van der Waals surface area (Å²) in [6.07, 6.45) is 7.56. The first kappa shape index (κ1) is 17.4. The quantitative estimate of drug-likeness (QED) is 0.810. The minimum absolute atomic E-state index is 0.260. The molecule has 1 aromatic rings. The number of hydrogen-bond donors (Lipinski definition) is 2. The van der Waals surface area contributed by atoms with Crippen LogP contribution in [0.4, 0.5) is 11.8 Å². The number of ether oxygens (including phenoxy) is 1. The molecule has 2 saturated heterocycles. The van der Waals surface area contributed by atoms with E-state index >= 15 is 0 Å². The van der Waals surface area contributed by atoms with Crippen LogP contribution in [0, 0.1) is 6.92 Å². The molecular weight excluding hydrogens is 322 g/mol. The summed E-state index contributed by atoms with van der Waals surface area (Å²) < 4.78 is 5.60. The molecule has 1 atom stereocenters. The molecule has 2 fully saturated rings. The minimum atomic E-state index is 0.260. The van der Waals surface area contributed by atoms with Crippen molar-refractivity contribution in [3.05, 3.63) is 11.8 Å².